The molecule has 1 unspecified atom stereocenters. The summed E-state index contributed by atoms with van der Waals surface area (Å²) in [5.41, 5.74) is 7.71. The highest BCUT2D eigenvalue weighted by molar-refractivity contribution is 5.99. The molecule has 0 nitrogen and oxygen atoms in total. The molecule has 0 N–H and O–H groups in total. The molecule has 0 heterocycles. The molecule has 0 spiro atoms. The van der Waals surface area contributed by atoms with Crippen LogP contribution in [0.25, 0.3) is 11.1 Å². The largest absolute Gasteiger partial charge is 0.0654 e. The van der Waals surface area contributed by atoms with Gasteiger partial charge in [0, 0.05) is 5.92 Å². The molecule has 0 heteroatoms. The average molecular weight is 304 g/mol. The molecule has 1 aliphatic rings. The van der Waals surface area contributed by atoms with Crippen LogP contribution in [0.1, 0.15) is 75.0 Å². The zero-order valence-electron chi connectivity index (χ0n) is 14.5. The molecule has 0 aliphatic heterocycles. The predicted octanol–water partition coefficient (Wildman–Crippen LogP) is 7.08. The Bertz CT molecular complexity index is 663. The first-order valence-electron chi connectivity index (χ1n) is 9.24. The van der Waals surface area contributed by atoms with Gasteiger partial charge in [-0.3, -0.25) is 0 Å². The van der Waals surface area contributed by atoms with Crippen molar-refractivity contribution in [3.63, 3.8) is 0 Å². The van der Waals surface area contributed by atoms with E-state index in [4.69, 9.17) is 0 Å². The Kier molecular flexibility index (Phi) is 5.33. The Balaban J connectivity index is 2.10. The van der Waals surface area contributed by atoms with Gasteiger partial charge in [-0.2, -0.15) is 0 Å². The normalized spacial score (nSPS) is 16.7. The van der Waals surface area contributed by atoms with Crippen molar-refractivity contribution in [1.29, 1.82) is 0 Å². The molecule has 2 aromatic rings. The van der Waals surface area contributed by atoms with Gasteiger partial charge in [0.2, 0.25) is 0 Å². The fraction of sp³-hybridized carbons (Fsp3) is 0.391. The molecular formula is C23H28. The van der Waals surface area contributed by atoms with Gasteiger partial charge < -0.3 is 0 Å². The second-order valence-electron chi connectivity index (χ2n) is 6.64. The number of rotatable bonds is 7. The van der Waals surface area contributed by atoms with E-state index in [0.29, 0.717) is 5.92 Å². The van der Waals surface area contributed by atoms with Crippen LogP contribution in [0.15, 0.2) is 54.6 Å². The highest BCUT2D eigenvalue weighted by Gasteiger charge is 2.30. The fourth-order valence-corrected chi connectivity index (χ4v) is 3.91. The third kappa shape index (κ3) is 3.27. The predicted molar refractivity (Wildman–Crippen MR) is 101 cm³/mol. The summed E-state index contributed by atoms with van der Waals surface area (Å²) in [4.78, 5) is 0. The van der Waals surface area contributed by atoms with Crippen molar-refractivity contribution in [3.8, 4) is 0 Å². The Labute approximate surface area is 141 Å². The molecule has 0 saturated heterocycles. The van der Waals surface area contributed by atoms with Crippen molar-refractivity contribution in [2.45, 2.75) is 58.3 Å². The summed E-state index contributed by atoms with van der Waals surface area (Å²) in [6.07, 6.45) is 7.59. The zero-order valence-corrected chi connectivity index (χ0v) is 14.5. The molecule has 1 aliphatic carbocycles. The summed E-state index contributed by atoms with van der Waals surface area (Å²) in [5, 5.41) is 0. The number of allylic oxidation sites excluding steroid dienone is 2. The van der Waals surface area contributed by atoms with Gasteiger partial charge in [0.15, 0.2) is 0 Å². The number of benzene rings is 2. The lowest BCUT2D eigenvalue weighted by Gasteiger charge is -2.17. The van der Waals surface area contributed by atoms with Crippen LogP contribution in [-0.4, -0.2) is 0 Å². The van der Waals surface area contributed by atoms with Gasteiger partial charge in [-0.25, -0.2) is 0 Å². The minimum Gasteiger partial charge on any atom is -0.0654 e. The third-order valence-corrected chi connectivity index (χ3v) is 5.05. The Morgan fingerprint density at radius 2 is 1.48 bits per heavy atom. The minimum atomic E-state index is 0.584. The van der Waals surface area contributed by atoms with E-state index in [1.165, 1.54) is 49.7 Å². The fourth-order valence-electron chi connectivity index (χ4n) is 3.91. The molecule has 0 saturated carbocycles. The summed E-state index contributed by atoms with van der Waals surface area (Å²) in [7, 11) is 0. The van der Waals surface area contributed by atoms with E-state index in [0.717, 1.165) is 0 Å². The molecule has 0 radical (unpaired) electrons. The van der Waals surface area contributed by atoms with Crippen molar-refractivity contribution >= 4 is 11.1 Å². The van der Waals surface area contributed by atoms with Crippen molar-refractivity contribution in [3.05, 3.63) is 71.3 Å². The lowest BCUT2D eigenvalue weighted by atomic mass is 9.86. The Morgan fingerprint density at radius 3 is 2.22 bits per heavy atom. The average Bonchev–Trinajstić information content (AvgIpc) is 2.92. The van der Waals surface area contributed by atoms with Crippen molar-refractivity contribution in [2.75, 3.05) is 0 Å². The van der Waals surface area contributed by atoms with Gasteiger partial charge in [-0.15, -0.1) is 0 Å². The summed E-state index contributed by atoms with van der Waals surface area (Å²) in [6, 6.07) is 20.2. The van der Waals surface area contributed by atoms with Crippen LogP contribution in [0, 0.1) is 0 Å². The molecule has 23 heavy (non-hydrogen) atoms. The summed E-state index contributed by atoms with van der Waals surface area (Å²) >= 11 is 0. The summed E-state index contributed by atoms with van der Waals surface area (Å²) < 4.78 is 0. The Hall–Kier alpha value is -1.82. The summed E-state index contributed by atoms with van der Waals surface area (Å²) in [6.45, 7) is 4.59. The van der Waals surface area contributed by atoms with E-state index in [1.54, 1.807) is 16.7 Å². The first kappa shape index (κ1) is 16.1. The molecule has 120 valence electrons. The van der Waals surface area contributed by atoms with Gasteiger partial charge in [0.1, 0.15) is 0 Å². The second kappa shape index (κ2) is 7.64. The Morgan fingerprint density at radius 1 is 0.783 bits per heavy atom. The number of hydrogen-bond donors (Lipinski definition) is 0. The highest BCUT2D eigenvalue weighted by Crippen LogP contribution is 2.50. The van der Waals surface area contributed by atoms with Gasteiger partial charge in [0.05, 0.1) is 0 Å². The monoisotopic (exact) mass is 304 g/mol. The van der Waals surface area contributed by atoms with Crippen LogP contribution in [0.2, 0.25) is 0 Å². The van der Waals surface area contributed by atoms with Gasteiger partial charge >= 0.3 is 0 Å². The number of hydrogen-bond acceptors (Lipinski definition) is 0. The van der Waals surface area contributed by atoms with E-state index in [9.17, 15) is 0 Å². The quantitative estimate of drug-likeness (QED) is 0.513. The van der Waals surface area contributed by atoms with Gasteiger partial charge in [-0.1, -0.05) is 87.7 Å². The van der Waals surface area contributed by atoms with Crippen LogP contribution < -0.4 is 0 Å². The van der Waals surface area contributed by atoms with Crippen molar-refractivity contribution < 1.29 is 0 Å². The number of fused-ring (bicyclic) bond motifs is 1. The van der Waals surface area contributed by atoms with Crippen LogP contribution in [0.3, 0.4) is 0 Å². The smallest absolute Gasteiger partial charge is 0.0104 e. The van der Waals surface area contributed by atoms with Crippen LogP contribution in [-0.2, 0) is 0 Å². The topological polar surface area (TPSA) is 0 Å². The lowest BCUT2D eigenvalue weighted by Crippen LogP contribution is -1.99. The lowest BCUT2D eigenvalue weighted by molar-refractivity contribution is 0.678. The van der Waals surface area contributed by atoms with E-state index in [2.05, 4.69) is 68.4 Å². The van der Waals surface area contributed by atoms with E-state index < -0.39 is 0 Å². The van der Waals surface area contributed by atoms with E-state index >= 15 is 0 Å². The highest BCUT2D eigenvalue weighted by atomic mass is 14.3. The molecule has 0 amide bonds. The summed E-state index contributed by atoms with van der Waals surface area (Å²) in [5.74, 6) is 0.584. The molecule has 0 fully saturated rings. The van der Waals surface area contributed by atoms with Crippen LogP contribution in [0.5, 0.6) is 0 Å². The molecule has 0 bridgehead atoms. The van der Waals surface area contributed by atoms with Gasteiger partial charge in [0.25, 0.3) is 0 Å². The third-order valence-electron chi connectivity index (χ3n) is 5.05. The standard InChI is InChI=1S/C23H28/c1-3-5-14-21-19-16-10-11-17-20(19)22(15-6-4-2)23(21)18-12-8-7-9-13-18/h7-13,16-17,21H,3-6,14-15H2,1-2H3. The van der Waals surface area contributed by atoms with Gasteiger partial charge in [-0.05, 0) is 47.1 Å². The first-order chi connectivity index (χ1) is 11.4. The molecule has 1 atom stereocenters. The molecule has 3 rings (SSSR count). The van der Waals surface area contributed by atoms with E-state index in [1.807, 2.05) is 0 Å². The molecular weight excluding hydrogens is 276 g/mol. The van der Waals surface area contributed by atoms with Crippen LogP contribution in [0.4, 0.5) is 0 Å². The van der Waals surface area contributed by atoms with Crippen molar-refractivity contribution in [2.24, 2.45) is 0 Å². The second-order valence-corrected chi connectivity index (χ2v) is 6.64. The van der Waals surface area contributed by atoms with Crippen LogP contribution >= 0.6 is 0 Å². The van der Waals surface area contributed by atoms with E-state index in [-0.39, 0.29) is 0 Å². The van der Waals surface area contributed by atoms with Crippen molar-refractivity contribution in [1.82, 2.24) is 0 Å². The number of unbranched alkanes of at least 4 members (excludes halogenated alkanes) is 2. The maximum atomic E-state index is 2.36. The zero-order chi connectivity index (χ0) is 16.1. The molecule has 2 aromatic carbocycles. The SMILES string of the molecule is CCCCC1=C(c2ccccc2)C(CCCC)c2ccccc21. The minimum absolute atomic E-state index is 0.584. The maximum absolute atomic E-state index is 2.36. The first-order valence-corrected chi connectivity index (χ1v) is 9.24. The molecule has 0 aromatic heterocycles. The maximum Gasteiger partial charge on any atom is 0.0104 e.